The van der Waals surface area contributed by atoms with Crippen LogP contribution in [0.4, 0.5) is 5.69 Å². The Kier molecular flexibility index (Phi) is 3.08. The first-order valence-corrected chi connectivity index (χ1v) is 9.42. The number of amides is 1. The monoisotopic (exact) mass is 353 g/mol. The number of nitrogens with zero attached hydrogens (tertiary/aromatic N) is 3. The van der Waals surface area contributed by atoms with Gasteiger partial charge in [-0.15, -0.1) is 11.3 Å². The lowest BCUT2D eigenvalue weighted by atomic mass is 9.96. The van der Waals surface area contributed by atoms with Crippen LogP contribution in [-0.2, 0) is 4.79 Å². The fraction of sp³-hybridized carbons (Fsp3) is 0.389. The van der Waals surface area contributed by atoms with Crippen molar-refractivity contribution < 1.29 is 4.79 Å². The molecule has 3 heterocycles. The second kappa shape index (κ2) is 5.12. The van der Waals surface area contributed by atoms with Gasteiger partial charge in [-0.1, -0.05) is 6.07 Å². The van der Waals surface area contributed by atoms with Gasteiger partial charge in [0.25, 0.3) is 5.91 Å². The van der Waals surface area contributed by atoms with E-state index in [4.69, 9.17) is 11.1 Å². The molecule has 1 aliphatic carbocycles. The predicted molar refractivity (Wildman–Crippen MR) is 97.8 cm³/mol. The Morgan fingerprint density at radius 1 is 1.36 bits per heavy atom. The van der Waals surface area contributed by atoms with Gasteiger partial charge in [0, 0.05) is 53.6 Å². The summed E-state index contributed by atoms with van der Waals surface area (Å²) >= 11 is 1.54. The minimum atomic E-state index is -0.192. The molecule has 1 aromatic carbocycles. The lowest BCUT2D eigenvalue weighted by Gasteiger charge is -2.48. The predicted octanol–water partition coefficient (Wildman–Crippen LogP) is 1.82. The second-order valence-corrected chi connectivity index (χ2v) is 7.97. The Balaban J connectivity index is 1.38. The van der Waals surface area contributed by atoms with Crippen LogP contribution in [0.5, 0.6) is 0 Å². The molecule has 128 valence electrons. The molecule has 2 aliphatic heterocycles. The van der Waals surface area contributed by atoms with Crippen molar-refractivity contribution in [1.82, 2.24) is 14.8 Å². The highest BCUT2D eigenvalue weighted by atomic mass is 32.1. The summed E-state index contributed by atoms with van der Waals surface area (Å²) in [6.45, 7) is 2.79. The molecule has 0 bridgehead atoms. The minimum absolute atomic E-state index is 0.00184. The summed E-state index contributed by atoms with van der Waals surface area (Å²) in [7, 11) is 0. The summed E-state index contributed by atoms with van der Waals surface area (Å²) in [4.78, 5) is 21.6. The third-order valence-corrected chi connectivity index (χ3v) is 6.74. The van der Waals surface area contributed by atoms with Crippen LogP contribution in [0.2, 0.25) is 0 Å². The Morgan fingerprint density at radius 3 is 2.92 bits per heavy atom. The van der Waals surface area contributed by atoms with E-state index in [0.29, 0.717) is 23.8 Å². The number of nitrogens with two attached hydrogens (primary N) is 1. The zero-order valence-corrected chi connectivity index (χ0v) is 14.6. The molecule has 0 radical (unpaired) electrons. The van der Waals surface area contributed by atoms with E-state index >= 15 is 0 Å². The van der Waals surface area contributed by atoms with Crippen molar-refractivity contribution in [3.63, 3.8) is 0 Å². The van der Waals surface area contributed by atoms with E-state index in [1.165, 1.54) is 17.8 Å². The molecule has 2 saturated heterocycles. The molecular weight excluding hydrogens is 334 g/mol. The fourth-order valence-corrected chi connectivity index (χ4v) is 4.99. The van der Waals surface area contributed by atoms with Crippen LogP contribution in [0.25, 0.3) is 10.6 Å². The molecule has 3 N–H and O–H groups in total. The average Bonchev–Trinajstić information content (AvgIpc) is 3.15. The maximum Gasteiger partial charge on any atom is 0.272 e. The summed E-state index contributed by atoms with van der Waals surface area (Å²) in [6.07, 6.45) is 3.99. The average molecular weight is 353 g/mol. The molecule has 3 aliphatic rings. The van der Waals surface area contributed by atoms with Crippen LogP contribution < -0.4 is 5.73 Å². The molecule has 5 rings (SSSR count). The number of hydrogen-bond acceptors (Lipinski definition) is 6. The molecule has 25 heavy (non-hydrogen) atoms. The van der Waals surface area contributed by atoms with Crippen LogP contribution in [0.1, 0.15) is 18.4 Å². The Morgan fingerprint density at radius 2 is 2.24 bits per heavy atom. The maximum atomic E-state index is 12.9. The summed E-state index contributed by atoms with van der Waals surface area (Å²) in [5.74, 6) is -0.192. The van der Waals surface area contributed by atoms with E-state index in [-0.39, 0.29) is 17.2 Å². The van der Waals surface area contributed by atoms with E-state index < -0.39 is 0 Å². The number of piperazine rings is 1. The highest BCUT2D eigenvalue weighted by Gasteiger charge is 2.67. The van der Waals surface area contributed by atoms with Crippen molar-refractivity contribution in [1.29, 1.82) is 5.41 Å². The lowest BCUT2D eigenvalue weighted by molar-refractivity contribution is -0.129. The van der Waals surface area contributed by atoms with Crippen molar-refractivity contribution >= 4 is 28.6 Å². The number of carbonyl (C=O) groups is 1. The van der Waals surface area contributed by atoms with Gasteiger partial charge in [0.2, 0.25) is 0 Å². The van der Waals surface area contributed by atoms with Crippen molar-refractivity contribution in [3.05, 3.63) is 35.3 Å². The van der Waals surface area contributed by atoms with E-state index in [0.717, 1.165) is 30.1 Å². The van der Waals surface area contributed by atoms with E-state index in [1.807, 2.05) is 16.3 Å². The second-order valence-electron chi connectivity index (χ2n) is 7.07. The molecule has 1 spiro atoms. The third kappa shape index (κ3) is 2.09. The van der Waals surface area contributed by atoms with Gasteiger partial charge in [-0.2, -0.15) is 0 Å². The summed E-state index contributed by atoms with van der Waals surface area (Å²) in [6, 6.07) is 5.75. The van der Waals surface area contributed by atoms with Gasteiger partial charge >= 0.3 is 0 Å². The summed E-state index contributed by atoms with van der Waals surface area (Å²) in [5.41, 5.74) is 8.28. The molecular formula is C18H19N5OS. The van der Waals surface area contributed by atoms with Crippen LogP contribution in [0.15, 0.2) is 29.8 Å². The maximum absolute atomic E-state index is 12.9. The molecule has 1 saturated carbocycles. The normalized spacial score (nSPS) is 27.2. The van der Waals surface area contributed by atoms with Crippen molar-refractivity contribution in [2.45, 2.75) is 24.4 Å². The van der Waals surface area contributed by atoms with Gasteiger partial charge < -0.3 is 10.6 Å². The number of aromatic nitrogens is 1. The van der Waals surface area contributed by atoms with Crippen LogP contribution >= 0.6 is 11.3 Å². The Bertz CT molecular complexity index is 880. The molecule has 2 aromatic rings. The summed E-state index contributed by atoms with van der Waals surface area (Å²) in [5, 5.41) is 11.2. The minimum Gasteiger partial charge on any atom is -0.398 e. The standard InChI is InChI=1S/C18H19N5OS/c19-13-9-11(16-21-4-8-25-16)1-2-12(13)15(20)17(24)23-7-6-22-5-3-18(22)10-14(18)23/h1-2,4,8-9,14,20H,3,5-7,10,19H2. The zero-order valence-electron chi connectivity index (χ0n) is 13.7. The van der Waals surface area contributed by atoms with Gasteiger partial charge in [-0.25, -0.2) is 4.98 Å². The molecule has 6 nitrogen and oxygen atoms in total. The topological polar surface area (TPSA) is 86.3 Å². The van der Waals surface area contributed by atoms with E-state index in [1.54, 1.807) is 18.3 Å². The molecule has 2 atom stereocenters. The summed E-state index contributed by atoms with van der Waals surface area (Å²) < 4.78 is 0. The number of nitrogen functional groups attached to an aromatic ring is 1. The Labute approximate surface area is 149 Å². The molecule has 1 amide bonds. The molecule has 7 heteroatoms. The first-order chi connectivity index (χ1) is 12.1. The first-order valence-electron chi connectivity index (χ1n) is 8.54. The fourth-order valence-electron chi connectivity index (χ4n) is 4.35. The largest absolute Gasteiger partial charge is 0.398 e. The number of hydrogen-bond donors (Lipinski definition) is 2. The van der Waals surface area contributed by atoms with Crippen LogP contribution in [0, 0.1) is 5.41 Å². The van der Waals surface area contributed by atoms with E-state index in [2.05, 4.69) is 9.88 Å². The van der Waals surface area contributed by atoms with Crippen LogP contribution in [0.3, 0.4) is 0 Å². The smallest absolute Gasteiger partial charge is 0.272 e. The van der Waals surface area contributed by atoms with Crippen molar-refractivity contribution in [3.8, 4) is 10.6 Å². The first kappa shape index (κ1) is 15.0. The zero-order chi connectivity index (χ0) is 17.2. The highest BCUT2D eigenvalue weighted by molar-refractivity contribution is 7.13. The number of nitrogens with one attached hydrogen (secondary N) is 1. The Hall–Kier alpha value is -2.25. The van der Waals surface area contributed by atoms with Gasteiger partial charge in [0.15, 0.2) is 0 Å². The number of carbonyl (C=O) groups excluding carboxylic acids is 1. The SMILES string of the molecule is N=C(C(=O)N1CCN2CCC23CC13)c1ccc(-c2nccs2)cc1N. The molecule has 1 aromatic heterocycles. The molecule has 3 fully saturated rings. The van der Waals surface area contributed by atoms with E-state index in [9.17, 15) is 4.79 Å². The quantitative estimate of drug-likeness (QED) is 0.651. The van der Waals surface area contributed by atoms with Gasteiger partial charge in [-0.3, -0.25) is 15.1 Å². The van der Waals surface area contributed by atoms with Gasteiger partial charge in [0.1, 0.15) is 10.7 Å². The highest BCUT2D eigenvalue weighted by Crippen LogP contribution is 2.56. The third-order valence-electron chi connectivity index (χ3n) is 5.91. The van der Waals surface area contributed by atoms with Crippen LogP contribution in [-0.4, -0.2) is 57.6 Å². The number of thiazole rings is 1. The number of rotatable bonds is 3. The van der Waals surface area contributed by atoms with Gasteiger partial charge in [-0.05, 0) is 25.0 Å². The van der Waals surface area contributed by atoms with Crippen molar-refractivity contribution in [2.75, 3.05) is 25.4 Å². The molecule has 2 unspecified atom stereocenters. The van der Waals surface area contributed by atoms with Gasteiger partial charge in [0.05, 0.1) is 6.04 Å². The number of benzene rings is 1. The lowest BCUT2D eigenvalue weighted by Crippen LogP contribution is -2.62. The van der Waals surface area contributed by atoms with Crippen molar-refractivity contribution in [2.24, 2.45) is 0 Å². The number of anilines is 1.